The third-order valence-electron chi connectivity index (χ3n) is 3.86. The Morgan fingerprint density at radius 3 is 2.31 bits per heavy atom. The number of carbonyl (C=O) groups is 1. The van der Waals surface area contributed by atoms with Crippen molar-refractivity contribution in [2.75, 3.05) is 13.1 Å². The SMILES string of the molecule is CC(C)N(CC(F)(F)F)C(=O)CN(Cc1ccccc1)Cc1ccco1. The van der Waals surface area contributed by atoms with Gasteiger partial charge in [0.15, 0.2) is 0 Å². The van der Waals surface area contributed by atoms with Crippen molar-refractivity contribution in [1.82, 2.24) is 9.80 Å². The molecule has 0 fully saturated rings. The van der Waals surface area contributed by atoms with Crippen LogP contribution in [-0.4, -0.2) is 41.0 Å². The van der Waals surface area contributed by atoms with Crippen LogP contribution < -0.4 is 0 Å². The second-order valence-corrected chi connectivity index (χ2v) is 6.44. The first-order chi connectivity index (χ1) is 12.2. The number of amides is 1. The molecule has 1 heterocycles. The van der Waals surface area contributed by atoms with E-state index in [1.165, 1.54) is 6.26 Å². The third-order valence-corrected chi connectivity index (χ3v) is 3.86. The van der Waals surface area contributed by atoms with Crippen molar-refractivity contribution in [1.29, 1.82) is 0 Å². The normalized spacial score (nSPS) is 12.0. The number of rotatable bonds is 8. The molecule has 1 amide bonds. The Morgan fingerprint density at radius 2 is 1.77 bits per heavy atom. The van der Waals surface area contributed by atoms with E-state index in [9.17, 15) is 18.0 Å². The van der Waals surface area contributed by atoms with Gasteiger partial charge < -0.3 is 9.32 Å². The zero-order chi connectivity index (χ0) is 19.2. The molecule has 1 aromatic heterocycles. The highest BCUT2D eigenvalue weighted by Gasteiger charge is 2.34. The Bertz CT molecular complexity index is 670. The van der Waals surface area contributed by atoms with Gasteiger partial charge in [-0.3, -0.25) is 9.69 Å². The summed E-state index contributed by atoms with van der Waals surface area (Å²) in [4.78, 5) is 15.2. The molecule has 0 unspecified atom stereocenters. The number of hydrogen-bond donors (Lipinski definition) is 0. The average molecular weight is 368 g/mol. The molecule has 0 saturated heterocycles. The van der Waals surface area contributed by atoms with Crippen LogP contribution in [0.25, 0.3) is 0 Å². The molecule has 2 aromatic rings. The molecule has 0 saturated carbocycles. The lowest BCUT2D eigenvalue weighted by Gasteiger charge is -2.30. The Hall–Kier alpha value is -2.28. The first-order valence-corrected chi connectivity index (χ1v) is 8.39. The molecule has 2 rings (SSSR count). The van der Waals surface area contributed by atoms with Crippen LogP contribution in [0, 0.1) is 0 Å². The summed E-state index contributed by atoms with van der Waals surface area (Å²) in [5, 5.41) is 0. The van der Waals surface area contributed by atoms with Crippen molar-refractivity contribution in [3.05, 3.63) is 60.1 Å². The summed E-state index contributed by atoms with van der Waals surface area (Å²) < 4.78 is 43.7. The Morgan fingerprint density at radius 1 is 1.08 bits per heavy atom. The molecule has 0 aliphatic heterocycles. The van der Waals surface area contributed by atoms with Gasteiger partial charge in [0.1, 0.15) is 12.3 Å². The lowest BCUT2D eigenvalue weighted by Crippen LogP contribution is -2.47. The highest BCUT2D eigenvalue weighted by molar-refractivity contribution is 5.78. The van der Waals surface area contributed by atoms with E-state index in [-0.39, 0.29) is 6.54 Å². The number of carbonyl (C=O) groups excluding carboxylic acids is 1. The summed E-state index contributed by atoms with van der Waals surface area (Å²) in [5.41, 5.74) is 0.971. The summed E-state index contributed by atoms with van der Waals surface area (Å²) in [7, 11) is 0. The van der Waals surface area contributed by atoms with Gasteiger partial charge in [-0.15, -0.1) is 0 Å². The van der Waals surface area contributed by atoms with Gasteiger partial charge in [-0.25, -0.2) is 0 Å². The summed E-state index contributed by atoms with van der Waals surface area (Å²) >= 11 is 0. The van der Waals surface area contributed by atoms with Crippen molar-refractivity contribution in [3.8, 4) is 0 Å². The number of hydrogen-bond acceptors (Lipinski definition) is 3. The Balaban J connectivity index is 2.11. The third kappa shape index (κ3) is 6.55. The van der Waals surface area contributed by atoms with E-state index in [1.54, 1.807) is 30.9 Å². The molecular formula is C19H23F3N2O2. The van der Waals surface area contributed by atoms with E-state index in [1.807, 2.05) is 30.3 Å². The van der Waals surface area contributed by atoms with Gasteiger partial charge in [0, 0.05) is 12.6 Å². The summed E-state index contributed by atoms with van der Waals surface area (Å²) in [6.45, 7) is 2.57. The molecule has 0 spiro atoms. The van der Waals surface area contributed by atoms with Gasteiger partial charge in [0.05, 0.1) is 19.4 Å². The maximum atomic E-state index is 12.8. The molecule has 0 aliphatic rings. The molecule has 0 aliphatic carbocycles. The van der Waals surface area contributed by atoms with Gasteiger partial charge >= 0.3 is 6.18 Å². The predicted octanol–water partition coefficient (Wildman–Crippen LogP) is 4.08. The largest absolute Gasteiger partial charge is 0.468 e. The van der Waals surface area contributed by atoms with E-state index >= 15 is 0 Å². The van der Waals surface area contributed by atoms with Crippen LogP contribution in [0.4, 0.5) is 13.2 Å². The van der Waals surface area contributed by atoms with Crippen LogP contribution in [0.3, 0.4) is 0 Å². The fourth-order valence-corrected chi connectivity index (χ4v) is 2.67. The molecule has 4 nitrogen and oxygen atoms in total. The highest BCUT2D eigenvalue weighted by Crippen LogP contribution is 2.19. The zero-order valence-corrected chi connectivity index (χ0v) is 14.9. The topological polar surface area (TPSA) is 36.7 Å². The summed E-state index contributed by atoms with van der Waals surface area (Å²) in [6.07, 6.45) is -2.90. The van der Waals surface area contributed by atoms with E-state index < -0.39 is 24.7 Å². The fourth-order valence-electron chi connectivity index (χ4n) is 2.67. The number of alkyl halides is 3. The molecule has 1 aromatic carbocycles. The van der Waals surface area contributed by atoms with Gasteiger partial charge in [0.25, 0.3) is 0 Å². The minimum absolute atomic E-state index is 0.121. The quantitative estimate of drug-likeness (QED) is 0.704. The predicted molar refractivity (Wildman–Crippen MR) is 92.2 cm³/mol. The summed E-state index contributed by atoms with van der Waals surface area (Å²) in [5.74, 6) is 0.0976. The standard InChI is InChI=1S/C19H23F3N2O2/c1-15(2)24(14-19(20,21)22)18(25)13-23(12-17-9-6-10-26-17)11-16-7-4-3-5-8-16/h3-10,15H,11-14H2,1-2H3. The molecule has 0 radical (unpaired) electrons. The van der Waals surface area contributed by atoms with Crippen molar-refractivity contribution in [2.45, 2.75) is 39.2 Å². The van der Waals surface area contributed by atoms with Gasteiger partial charge in [0.2, 0.25) is 5.91 Å². The van der Waals surface area contributed by atoms with Gasteiger partial charge in [-0.1, -0.05) is 30.3 Å². The number of benzene rings is 1. The first-order valence-electron chi connectivity index (χ1n) is 8.39. The number of nitrogens with zero attached hydrogens (tertiary/aromatic N) is 2. The smallest absolute Gasteiger partial charge is 0.406 e. The van der Waals surface area contributed by atoms with Gasteiger partial charge in [-0.05, 0) is 31.5 Å². The summed E-state index contributed by atoms with van der Waals surface area (Å²) in [6, 6.07) is 12.4. The van der Waals surface area contributed by atoms with Crippen molar-refractivity contribution in [3.63, 3.8) is 0 Å². The molecule has 0 bridgehead atoms. The number of halogens is 3. The Kier molecular flexibility index (Phi) is 6.85. The minimum atomic E-state index is -4.43. The first kappa shape index (κ1) is 20.0. The lowest BCUT2D eigenvalue weighted by atomic mass is 10.2. The molecule has 0 atom stereocenters. The van der Waals surface area contributed by atoms with E-state index in [4.69, 9.17) is 4.42 Å². The molecule has 26 heavy (non-hydrogen) atoms. The van der Waals surface area contributed by atoms with Crippen LogP contribution in [0.1, 0.15) is 25.2 Å². The maximum absolute atomic E-state index is 12.8. The van der Waals surface area contributed by atoms with Crippen LogP contribution >= 0.6 is 0 Å². The monoisotopic (exact) mass is 368 g/mol. The zero-order valence-electron chi connectivity index (χ0n) is 14.9. The number of furan rings is 1. The highest BCUT2D eigenvalue weighted by atomic mass is 19.4. The Labute approximate surface area is 151 Å². The second-order valence-electron chi connectivity index (χ2n) is 6.44. The average Bonchev–Trinajstić information content (AvgIpc) is 3.05. The van der Waals surface area contributed by atoms with Gasteiger partial charge in [-0.2, -0.15) is 13.2 Å². The molecule has 7 heteroatoms. The lowest BCUT2D eigenvalue weighted by molar-refractivity contribution is -0.165. The molecule has 142 valence electrons. The van der Waals surface area contributed by atoms with Crippen LogP contribution in [0.5, 0.6) is 0 Å². The van der Waals surface area contributed by atoms with E-state index in [2.05, 4.69) is 0 Å². The second kappa shape index (κ2) is 8.89. The van der Waals surface area contributed by atoms with E-state index in [0.29, 0.717) is 18.8 Å². The van der Waals surface area contributed by atoms with Crippen molar-refractivity contribution in [2.24, 2.45) is 0 Å². The van der Waals surface area contributed by atoms with Crippen LogP contribution in [0.2, 0.25) is 0 Å². The van der Waals surface area contributed by atoms with Crippen LogP contribution in [0.15, 0.2) is 53.1 Å². The maximum Gasteiger partial charge on any atom is 0.406 e. The van der Waals surface area contributed by atoms with Crippen molar-refractivity contribution >= 4 is 5.91 Å². The fraction of sp³-hybridized carbons (Fsp3) is 0.421. The minimum Gasteiger partial charge on any atom is -0.468 e. The van der Waals surface area contributed by atoms with Crippen LogP contribution in [-0.2, 0) is 17.9 Å². The van der Waals surface area contributed by atoms with E-state index in [0.717, 1.165) is 10.5 Å². The molecule has 0 N–H and O–H groups in total. The molecular weight excluding hydrogens is 345 g/mol. The van der Waals surface area contributed by atoms with Crippen molar-refractivity contribution < 1.29 is 22.4 Å².